The maximum Gasteiger partial charge on any atom is 0.495 e. The van der Waals surface area contributed by atoms with Crippen molar-refractivity contribution in [3.05, 3.63) is 401 Å². The molecule has 0 spiro atoms. The van der Waals surface area contributed by atoms with Crippen LogP contribution in [-0.4, -0.2) is 36.6 Å². The SMILES string of the molecule is CB1OC(C)(C)C(C)(C)O1.CC#CC#Cc1ccc(-c2ccc(Nc3ccc(Br)cc3)cc2)cc1.CC#CC#Cc1ccc(-c2ccc(Nc3ccc(C)cc3)cc2)cc1.CCCCc1ccc2cccc(-c3c(CCCC)cc(-c4ccc(Nc5ccc(-c6ccc(C)cc6)cc5)cc4)c4ccccc34)c2c1.CCCCc1ccc2ccccc2c1-c1c(CCCC)cc(B2OC(C)(C)C(C)(C)O2)c2ccccc12.[HH].[HH].[HH].[HH].[HH].[HH].[HH].[HH].[HH].[HH]. The topological polar surface area (TPSA) is 73.0 Å². The number of benzene rings is 17. The van der Waals surface area contributed by atoms with Crippen LogP contribution in [0.3, 0.4) is 0 Å². The first kappa shape index (κ1) is 105. The van der Waals surface area contributed by atoms with E-state index in [1.165, 1.54) is 182 Å². The quantitative estimate of drug-likeness (QED) is 0.0389. The highest BCUT2D eigenvalue weighted by Crippen LogP contribution is 2.47. The molecule has 19 rings (SSSR count). The van der Waals surface area contributed by atoms with Gasteiger partial charge in [0.1, 0.15) is 0 Å². The Morgan fingerprint density at radius 3 is 1.09 bits per heavy atom. The van der Waals surface area contributed by atoms with Crippen molar-refractivity contribution in [1.29, 1.82) is 0 Å². The van der Waals surface area contributed by atoms with Crippen molar-refractivity contribution in [3.63, 3.8) is 0 Å². The third-order valence-electron chi connectivity index (χ3n) is 28.1. The molecule has 7 nitrogen and oxygen atoms in total. The second-order valence-electron chi connectivity index (χ2n) is 39.9. The molecular formula is C135H156B2BrN3O4. The Morgan fingerprint density at radius 1 is 0.297 bits per heavy atom. The number of nitrogens with one attached hydrogen (secondary N) is 3. The van der Waals surface area contributed by atoms with Crippen LogP contribution in [-0.2, 0) is 44.3 Å². The monoisotopic (exact) mass is 1980 g/mol. The Kier molecular flexibility index (Phi) is 35.9. The summed E-state index contributed by atoms with van der Waals surface area (Å²) in [7, 11) is -0.443. The summed E-state index contributed by atoms with van der Waals surface area (Å²) >= 11 is 3.45. The van der Waals surface area contributed by atoms with Crippen molar-refractivity contribution < 1.29 is 32.9 Å². The van der Waals surface area contributed by atoms with Gasteiger partial charge >= 0.3 is 14.2 Å². The van der Waals surface area contributed by atoms with E-state index in [1.54, 1.807) is 13.8 Å². The summed E-state index contributed by atoms with van der Waals surface area (Å²) in [6.45, 7) is 35.6. The van der Waals surface area contributed by atoms with E-state index < -0.39 is 0 Å². The lowest BCUT2D eigenvalue weighted by molar-refractivity contribution is 0.00578. The molecule has 145 heavy (non-hydrogen) atoms. The molecule has 2 saturated heterocycles. The Labute approximate surface area is 887 Å². The van der Waals surface area contributed by atoms with Crippen LogP contribution in [0.5, 0.6) is 0 Å². The van der Waals surface area contributed by atoms with Gasteiger partial charge in [0, 0.05) is 64.0 Å². The number of hydrogen-bond donors (Lipinski definition) is 3. The van der Waals surface area contributed by atoms with Crippen LogP contribution in [0.15, 0.2) is 356 Å². The normalized spacial score (nSPS) is 13.2. The molecule has 0 aliphatic carbocycles. The highest BCUT2D eigenvalue weighted by atomic mass is 79.9. The lowest BCUT2D eigenvalue weighted by atomic mass is 9.72. The maximum absolute atomic E-state index is 6.59. The summed E-state index contributed by atoms with van der Waals surface area (Å²) in [5.41, 5.74) is 32.1. The van der Waals surface area contributed by atoms with Crippen LogP contribution in [0.25, 0.3) is 110 Å². The molecule has 2 fully saturated rings. The van der Waals surface area contributed by atoms with E-state index >= 15 is 0 Å². The number of hydrogen-bond acceptors (Lipinski definition) is 7. The van der Waals surface area contributed by atoms with Crippen LogP contribution < -0.4 is 21.4 Å². The highest BCUT2D eigenvalue weighted by molar-refractivity contribution is 9.10. The summed E-state index contributed by atoms with van der Waals surface area (Å²) < 4.78 is 25.3. The summed E-state index contributed by atoms with van der Waals surface area (Å²) in [5, 5.41) is 20.9. The molecule has 0 bridgehead atoms. The van der Waals surface area contributed by atoms with Crippen LogP contribution >= 0.6 is 15.9 Å². The molecule has 0 aromatic heterocycles. The molecule has 17 aromatic carbocycles. The Hall–Kier alpha value is -14.1. The van der Waals surface area contributed by atoms with Gasteiger partial charge in [-0.05, 0) is 418 Å². The van der Waals surface area contributed by atoms with E-state index in [0.29, 0.717) is 0 Å². The fourth-order valence-electron chi connectivity index (χ4n) is 18.7. The molecule has 17 aromatic rings. The molecule has 2 aliphatic heterocycles. The molecule has 2 heterocycles. The summed E-state index contributed by atoms with van der Waals surface area (Å²) in [6, 6.07) is 126. The zero-order valence-corrected chi connectivity index (χ0v) is 89.2. The summed E-state index contributed by atoms with van der Waals surface area (Å²) in [4.78, 5) is 0. The smallest absolute Gasteiger partial charge is 0.403 e. The van der Waals surface area contributed by atoms with Gasteiger partial charge in [-0.15, -0.1) is 0 Å². The van der Waals surface area contributed by atoms with Crippen molar-refractivity contribution in [2.75, 3.05) is 16.0 Å². The Bertz CT molecular complexity index is 7410. The van der Waals surface area contributed by atoms with E-state index in [2.05, 4.69) is 479 Å². The molecule has 2 aliphatic rings. The Balaban J connectivity index is 0.000000354. The van der Waals surface area contributed by atoms with Crippen molar-refractivity contribution >= 4 is 113 Å². The molecule has 3 N–H and O–H groups in total. The molecular weight excluding hydrogens is 1830 g/mol. The predicted octanol–water partition coefficient (Wildman–Crippen LogP) is 38.6. The van der Waals surface area contributed by atoms with Crippen LogP contribution in [0, 0.1) is 61.2 Å². The number of halogens is 1. The van der Waals surface area contributed by atoms with Gasteiger partial charge in [-0.3, -0.25) is 0 Å². The molecule has 0 amide bonds. The highest BCUT2D eigenvalue weighted by Gasteiger charge is 2.53. The molecule has 10 heteroatoms. The second-order valence-corrected chi connectivity index (χ2v) is 40.8. The van der Waals surface area contributed by atoms with Gasteiger partial charge in [0.25, 0.3) is 0 Å². The lowest BCUT2D eigenvalue weighted by Crippen LogP contribution is -2.41. The van der Waals surface area contributed by atoms with Gasteiger partial charge in [0.2, 0.25) is 0 Å². The predicted molar refractivity (Wildman–Crippen MR) is 649 cm³/mol. The van der Waals surface area contributed by atoms with E-state index in [0.717, 1.165) is 93.7 Å². The van der Waals surface area contributed by atoms with E-state index in [9.17, 15) is 0 Å². The minimum Gasteiger partial charge on any atom is -0.403 e. The zero-order valence-electron chi connectivity index (χ0n) is 87.6. The van der Waals surface area contributed by atoms with Crippen LogP contribution in [0.1, 0.15) is 207 Å². The number of fused-ring (bicyclic) bond motifs is 4. The third kappa shape index (κ3) is 26.9. The van der Waals surface area contributed by atoms with Gasteiger partial charge in [-0.2, -0.15) is 0 Å². The Morgan fingerprint density at radius 2 is 0.641 bits per heavy atom. The minimum atomic E-state index is -0.378. The first-order chi connectivity index (χ1) is 70.2. The zero-order chi connectivity index (χ0) is 102. The first-order valence-electron chi connectivity index (χ1n) is 51.7. The second kappa shape index (κ2) is 49.4. The number of aryl methyl sites for hydroxylation is 6. The molecule has 748 valence electrons. The number of rotatable bonds is 25. The molecule has 0 unspecified atom stereocenters. The first-order valence-corrected chi connectivity index (χ1v) is 52.5. The van der Waals surface area contributed by atoms with E-state index in [4.69, 9.17) is 18.6 Å². The van der Waals surface area contributed by atoms with Gasteiger partial charge in [-0.25, -0.2) is 0 Å². The number of anilines is 6. The fourth-order valence-corrected chi connectivity index (χ4v) is 18.9. The van der Waals surface area contributed by atoms with Crippen molar-refractivity contribution in [2.45, 2.75) is 217 Å². The average Bonchev–Trinajstić information content (AvgIpc) is 1.65. The number of unbranched alkanes of at least 4 members (excludes halogenated alkanes) is 4. The van der Waals surface area contributed by atoms with E-state index in [1.807, 2.05) is 55.4 Å². The molecule has 0 atom stereocenters. The summed E-state index contributed by atoms with van der Waals surface area (Å²) in [6.07, 6.45) is 13.8. The van der Waals surface area contributed by atoms with Crippen molar-refractivity contribution in [2.24, 2.45) is 0 Å². The van der Waals surface area contributed by atoms with Crippen LogP contribution in [0.4, 0.5) is 34.1 Å². The van der Waals surface area contributed by atoms with Gasteiger partial charge in [0.05, 0.1) is 22.4 Å². The molecule has 0 radical (unpaired) electrons. The maximum atomic E-state index is 6.59. The van der Waals surface area contributed by atoms with Crippen molar-refractivity contribution in [1.82, 2.24) is 0 Å². The average molecular weight is 1990 g/mol. The lowest BCUT2D eigenvalue weighted by Gasteiger charge is -2.32. The van der Waals surface area contributed by atoms with E-state index in [-0.39, 0.29) is 50.9 Å². The standard InChI is InChI=1S/C47H45N.C34H41BO2.C24H19N.C23H16BrN.C7H15BO2.10H2/c1-4-6-11-34-19-22-37-13-10-16-44(45(37)31-34)47-39(12-7-5-2)32-46(42-14-8-9-15-43(42)47)38-25-29-41(30-26-38)48-40-27-23-36(24-28-40)35-20-17-33(3)18-21-35;1-7-9-15-25-22-21-24-17-11-12-18-27(24)31(25)32-26(16-10-8-2)23-30(28-19-13-14-20-29(28)32)35-36-33(3,4)34(5,6)37-35;1-3-4-5-6-20-9-11-21(12-10-20)22-13-17-24(18-14-22)25-23-15-7-19(2)8-16-23;1-2-3-4-5-18-6-8-19(9-7-18)20-10-14-22(15-11-20)25-23-16-12-21(24)13-17-23;1-6(2)7(3,4)10-8(5)9-6;;;;;;;;;;/h8-10,13-32,48H,4-7,11-12H2,1-3H3;11-14,17-23H,7-10,15-16H2,1-6H3;7-18,25H,1-2H3;6-17,25H,1H3;1-5H3;10*1H. The minimum absolute atomic E-state index is 0. The van der Waals surface area contributed by atoms with Crippen molar-refractivity contribution in [3.8, 4) is 114 Å². The van der Waals surface area contributed by atoms with Gasteiger partial charge < -0.3 is 34.6 Å². The van der Waals surface area contributed by atoms with Gasteiger partial charge in [-0.1, -0.05) is 341 Å². The van der Waals surface area contributed by atoms with Gasteiger partial charge in [0.15, 0.2) is 0 Å². The summed E-state index contributed by atoms with van der Waals surface area (Å²) in [5.74, 6) is 22.8. The third-order valence-corrected chi connectivity index (χ3v) is 28.6. The largest absolute Gasteiger partial charge is 0.495 e. The molecule has 0 saturated carbocycles. The van der Waals surface area contributed by atoms with Crippen LogP contribution in [0.2, 0.25) is 6.82 Å². The fraction of sp³-hybridized carbons (Fsp3) is 0.244.